The van der Waals surface area contributed by atoms with E-state index in [1.54, 1.807) is 33.5 Å². The van der Waals surface area contributed by atoms with Crippen molar-refractivity contribution in [1.82, 2.24) is 5.32 Å². The number of amides is 1. The van der Waals surface area contributed by atoms with Crippen LogP contribution >= 0.6 is 0 Å². The Bertz CT molecular complexity index is 649. The molecule has 0 heterocycles. The van der Waals surface area contributed by atoms with Gasteiger partial charge in [-0.2, -0.15) is 0 Å². The number of hydrogen-bond donors (Lipinski definition) is 2. The molecule has 2 N–H and O–H groups in total. The van der Waals surface area contributed by atoms with Gasteiger partial charge in [0.25, 0.3) is 0 Å². The van der Waals surface area contributed by atoms with Crippen molar-refractivity contribution in [3.05, 3.63) is 48.0 Å². The fourth-order valence-corrected chi connectivity index (χ4v) is 2.22. The standard InChI is InChI=1S/C18H22N2O4/c1-22-15-9-14(10-16(23-2)18(15)24-3)19-12-17(21)20-11-13-7-5-4-6-8-13/h4-10,19H,11-12H2,1-3H3,(H,20,21). The minimum atomic E-state index is -0.104. The van der Waals surface area contributed by atoms with Gasteiger partial charge in [-0.3, -0.25) is 4.79 Å². The second-order valence-electron chi connectivity index (χ2n) is 5.03. The molecule has 0 aliphatic rings. The third-order valence-electron chi connectivity index (χ3n) is 3.45. The zero-order chi connectivity index (χ0) is 17.4. The lowest BCUT2D eigenvalue weighted by Crippen LogP contribution is -2.29. The monoisotopic (exact) mass is 330 g/mol. The van der Waals surface area contributed by atoms with E-state index in [2.05, 4.69) is 10.6 Å². The number of rotatable bonds is 8. The van der Waals surface area contributed by atoms with E-state index < -0.39 is 0 Å². The van der Waals surface area contributed by atoms with Crippen molar-refractivity contribution in [2.75, 3.05) is 33.2 Å². The largest absolute Gasteiger partial charge is 0.493 e. The van der Waals surface area contributed by atoms with Crippen LogP contribution in [0.4, 0.5) is 5.69 Å². The van der Waals surface area contributed by atoms with Gasteiger partial charge in [0.05, 0.1) is 27.9 Å². The molecule has 24 heavy (non-hydrogen) atoms. The van der Waals surface area contributed by atoms with Gasteiger partial charge >= 0.3 is 0 Å². The van der Waals surface area contributed by atoms with Gasteiger partial charge in [-0.25, -0.2) is 0 Å². The van der Waals surface area contributed by atoms with E-state index in [4.69, 9.17) is 14.2 Å². The summed E-state index contributed by atoms with van der Waals surface area (Å²) in [6.07, 6.45) is 0. The molecule has 128 valence electrons. The van der Waals surface area contributed by atoms with Crippen molar-refractivity contribution < 1.29 is 19.0 Å². The molecule has 6 heteroatoms. The first-order chi connectivity index (χ1) is 11.7. The highest BCUT2D eigenvalue weighted by molar-refractivity contribution is 5.81. The highest BCUT2D eigenvalue weighted by Crippen LogP contribution is 2.39. The summed E-state index contributed by atoms with van der Waals surface area (Å²) in [5.41, 5.74) is 1.76. The maximum Gasteiger partial charge on any atom is 0.239 e. The van der Waals surface area contributed by atoms with Gasteiger partial charge in [0.1, 0.15) is 0 Å². The maximum absolute atomic E-state index is 12.0. The summed E-state index contributed by atoms with van der Waals surface area (Å²) in [6.45, 7) is 0.641. The molecule has 0 spiro atoms. The first-order valence-corrected chi connectivity index (χ1v) is 7.52. The summed E-state index contributed by atoms with van der Waals surface area (Å²) in [6, 6.07) is 13.3. The van der Waals surface area contributed by atoms with Crippen LogP contribution in [0.3, 0.4) is 0 Å². The Morgan fingerprint density at radius 2 is 1.58 bits per heavy atom. The number of benzene rings is 2. The predicted molar refractivity (Wildman–Crippen MR) is 92.9 cm³/mol. The zero-order valence-corrected chi connectivity index (χ0v) is 14.1. The SMILES string of the molecule is COc1cc(NCC(=O)NCc2ccccc2)cc(OC)c1OC. The zero-order valence-electron chi connectivity index (χ0n) is 14.1. The summed E-state index contributed by atoms with van der Waals surface area (Å²) >= 11 is 0. The third kappa shape index (κ3) is 4.55. The third-order valence-corrected chi connectivity index (χ3v) is 3.45. The summed E-state index contributed by atoms with van der Waals surface area (Å²) in [7, 11) is 4.64. The molecule has 2 aromatic rings. The minimum Gasteiger partial charge on any atom is -0.493 e. The predicted octanol–water partition coefficient (Wildman–Crippen LogP) is 2.44. The van der Waals surface area contributed by atoms with E-state index in [0.29, 0.717) is 29.5 Å². The van der Waals surface area contributed by atoms with Gasteiger partial charge in [-0.15, -0.1) is 0 Å². The summed E-state index contributed by atoms with van der Waals surface area (Å²) in [5.74, 6) is 1.47. The lowest BCUT2D eigenvalue weighted by Gasteiger charge is -2.15. The average Bonchev–Trinajstić information content (AvgIpc) is 2.64. The summed E-state index contributed by atoms with van der Waals surface area (Å²) < 4.78 is 15.8. The van der Waals surface area contributed by atoms with Gasteiger partial charge in [0, 0.05) is 24.4 Å². The lowest BCUT2D eigenvalue weighted by molar-refractivity contribution is -0.119. The Labute approximate surface area is 141 Å². The number of carbonyl (C=O) groups is 1. The van der Waals surface area contributed by atoms with Crippen molar-refractivity contribution in [1.29, 1.82) is 0 Å². The number of methoxy groups -OCH3 is 3. The molecule has 0 aliphatic heterocycles. The van der Waals surface area contributed by atoms with Gasteiger partial charge < -0.3 is 24.8 Å². The van der Waals surface area contributed by atoms with Crippen LogP contribution in [0.25, 0.3) is 0 Å². The summed E-state index contributed by atoms with van der Waals surface area (Å²) in [5, 5.41) is 5.91. The first kappa shape index (κ1) is 17.5. The van der Waals surface area contributed by atoms with Crippen LogP contribution in [0, 0.1) is 0 Å². The van der Waals surface area contributed by atoms with Gasteiger partial charge in [0.2, 0.25) is 11.7 Å². The van der Waals surface area contributed by atoms with E-state index in [1.807, 2.05) is 30.3 Å². The second-order valence-corrected chi connectivity index (χ2v) is 5.03. The minimum absolute atomic E-state index is 0.104. The van der Waals surface area contributed by atoms with Crippen molar-refractivity contribution >= 4 is 11.6 Å². The molecule has 1 amide bonds. The normalized spacial score (nSPS) is 9.96. The molecule has 0 unspecified atom stereocenters. The molecular weight excluding hydrogens is 308 g/mol. The van der Waals surface area contributed by atoms with E-state index in [0.717, 1.165) is 5.56 Å². The maximum atomic E-state index is 12.0. The first-order valence-electron chi connectivity index (χ1n) is 7.52. The van der Waals surface area contributed by atoms with Crippen LogP contribution in [0.1, 0.15) is 5.56 Å². The van der Waals surface area contributed by atoms with Crippen LogP contribution in [0.15, 0.2) is 42.5 Å². The van der Waals surface area contributed by atoms with Gasteiger partial charge in [0.15, 0.2) is 11.5 Å². The molecular formula is C18H22N2O4. The number of hydrogen-bond acceptors (Lipinski definition) is 5. The Balaban J connectivity index is 1.94. The highest BCUT2D eigenvalue weighted by atomic mass is 16.5. The smallest absolute Gasteiger partial charge is 0.239 e. The number of carbonyl (C=O) groups excluding carboxylic acids is 1. The molecule has 0 saturated carbocycles. The molecule has 0 aromatic heterocycles. The molecule has 0 radical (unpaired) electrons. The van der Waals surface area contributed by atoms with Crippen molar-refractivity contribution in [3.63, 3.8) is 0 Å². The topological polar surface area (TPSA) is 68.8 Å². The number of anilines is 1. The van der Waals surface area contributed by atoms with Crippen LogP contribution in [0.5, 0.6) is 17.2 Å². The van der Waals surface area contributed by atoms with E-state index in [-0.39, 0.29) is 12.5 Å². The number of nitrogens with one attached hydrogen (secondary N) is 2. The average molecular weight is 330 g/mol. The number of ether oxygens (including phenoxy) is 3. The molecule has 0 fully saturated rings. The molecule has 0 saturated heterocycles. The Hall–Kier alpha value is -2.89. The lowest BCUT2D eigenvalue weighted by atomic mass is 10.2. The fourth-order valence-electron chi connectivity index (χ4n) is 2.22. The molecule has 6 nitrogen and oxygen atoms in total. The van der Waals surface area contributed by atoms with Crippen LogP contribution in [-0.4, -0.2) is 33.8 Å². The highest BCUT2D eigenvalue weighted by Gasteiger charge is 2.13. The molecule has 0 aliphatic carbocycles. The fraction of sp³-hybridized carbons (Fsp3) is 0.278. The van der Waals surface area contributed by atoms with Crippen LogP contribution in [0.2, 0.25) is 0 Å². The van der Waals surface area contributed by atoms with Crippen molar-refractivity contribution in [3.8, 4) is 17.2 Å². The molecule has 0 bridgehead atoms. The van der Waals surface area contributed by atoms with Crippen molar-refractivity contribution in [2.45, 2.75) is 6.54 Å². The van der Waals surface area contributed by atoms with Gasteiger partial charge in [-0.05, 0) is 5.56 Å². The van der Waals surface area contributed by atoms with Gasteiger partial charge in [-0.1, -0.05) is 30.3 Å². The Kier molecular flexibility index (Phi) is 6.31. The Morgan fingerprint density at radius 1 is 0.958 bits per heavy atom. The van der Waals surface area contributed by atoms with Crippen LogP contribution in [-0.2, 0) is 11.3 Å². The quantitative estimate of drug-likeness (QED) is 0.778. The van der Waals surface area contributed by atoms with Crippen molar-refractivity contribution in [2.24, 2.45) is 0 Å². The van der Waals surface area contributed by atoms with E-state index in [9.17, 15) is 4.79 Å². The van der Waals surface area contributed by atoms with Crippen LogP contribution < -0.4 is 24.8 Å². The van der Waals surface area contributed by atoms with E-state index in [1.165, 1.54) is 0 Å². The van der Waals surface area contributed by atoms with E-state index >= 15 is 0 Å². The second kappa shape index (κ2) is 8.67. The molecule has 2 aromatic carbocycles. The Morgan fingerprint density at radius 3 is 2.12 bits per heavy atom. The molecule has 0 atom stereocenters. The summed E-state index contributed by atoms with van der Waals surface area (Å²) in [4.78, 5) is 12.0. The molecule has 2 rings (SSSR count).